The summed E-state index contributed by atoms with van der Waals surface area (Å²) in [5, 5.41) is 8.97. The molecule has 1 unspecified atom stereocenters. The van der Waals surface area contributed by atoms with Gasteiger partial charge in [-0.05, 0) is 32.5 Å². The van der Waals surface area contributed by atoms with Gasteiger partial charge in [0.2, 0.25) is 0 Å². The largest absolute Gasteiger partial charge is 0.312 e. The first-order chi connectivity index (χ1) is 9.10. The Morgan fingerprint density at radius 2 is 1.95 bits per heavy atom. The normalized spacial score (nSPS) is 12.6. The zero-order valence-corrected chi connectivity index (χ0v) is 12.8. The van der Waals surface area contributed by atoms with Gasteiger partial charge in [0, 0.05) is 18.8 Å². The number of hydrogen-bond acceptors (Lipinski definition) is 3. The molecule has 4 heteroatoms. The Morgan fingerprint density at radius 3 is 2.47 bits per heavy atom. The van der Waals surface area contributed by atoms with Crippen LogP contribution in [0.15, 0.2) is 35.4 Å². The highest BCUT2D eigenvalue weighted by Crippen LogP contribution is 2.25. The molecule has 0 radical (unpaired) electrons. The molecule has 0 saturated heterocycles. The monoisotopic (exact) mass is 275 g/mol. The van der Waals surface area contributed by atoms with Gasteiger partial charge in [0.25, 0.3) is 0 Å². The molecule has 1 aromatic heterocycles. The molecular weight excluding hydrogens is 254 g/mol. The summed E-state index contributed by atoms with van der Waals surface area (Å²) in [7, 11) is 4.01. The second-order valence-corrected chi connectivity index (χ2v) is 5.85. The zero-order chi connectivity index (χ0) is 13.8. The maximum atomic E-state index is 4.37. The van der Waals surface area contributed by atoms with Crippen molar-refractivity contribution < 1.29 is 0 Å². The summed E-state index contributed by atoms with van der Waals surface area (Å²) in [6.07, 6.45) is 0. The summed E-state index contributed by atoms with van der Waals surface area (Å²) >= 11 is 1.84. The molecule has 1 aromatic carbocycles. The van der Waals surface area contributed by atoms with Crippen LogP contribution in [0.3, 0.4) is 0 Å². The van der Waals surface area contributed by atoms with E-state index in [1.807, 2.05) is 37.5 Å². The maximum absolute atomic E-state index is 4.37. The predicted octanol–water partition coefficient (Wildman–Crippen LogP) is 3.09. The molecule has 2 rings (SSSR count). The van der Waals surface area contributed by atoms with Crippen molar-refractivity contribution in [3.63, 3.8) is 0 Å². The van der Waals surface area contributed by atoms with Crippen LogP contribution in [0.4, 0.5) is 0 Å². The van der Waals surface area contributed by atoms with Crippen molar-refractivity contribution in [3.05, 3.63) is 47.2 Å². The van der Waals surface area contributed by atoms with E-state index in [4.69, 9.17) is 0 Å². The molecule has 0 aliphatic rings. The fraction of sp³-hybridized carbons (Fsp3) is 0.400. The third-order valence-corrected chi connectivity index (χ3v) is 4.36. The molecule has 0 aliphatic carbocycles. The van der Waals surface area contributed by atoms with E-state index in [1.54, 1.807) is 0 Å². The van der Waals surface area contributed by atoms with E-state index in [2.05, 4.69) is 47.7 Å². The average molecular weight is 275 g/mol. The molecule has 0 amide bonds. The summed E-state index contributed by atoms with van der Waals surface area (Å²) in [4.78, 5) is 0. The Hall–Kier alpha value is -1.26. The summed E-state index contributed by atoms with van der Waals surface area (Å²) in [5.41, 5.74) is 3.70. The van der Waals surface area contributed by atoms with E-state index in [9.17, 15) is 0 Å². The van der Waals surface area contributed by atoms with Crippen LogP contribution < -0.4 is 5.32 Å². The summed E-state index contributed by atoms with van der Waals surface area (Å²) in [6, 6.07) is 11.2. The minimum atomic E-state index is 0.362. The van der Waals surface area contributed by atoms with Crippen molar-refractivity contribution in [2.75, 3.05) is 12.8 Å². The van der Waals surface area contributed by atoms with E-state index >= 15 is 0 Å². The lowest BCUT2D eigenvalue weighted by atomic mass is 10.1. The Bertz CT molecular complexity index is 531. The summed E-state index contributed by atoms with van der Waals surface area (Å²) in [6.45, 7) is 4.14. The van der Waals surface area contributed by atoms with Gasteiger partial charge in [-0.15, -0.1) is 11.8 Å². The molecule has 2 aromatic rings. The highest BCUT2D eigenvalue weighted by Gasteiger charge is 2.11. The van der Waals surface area contributed by atoms with Crippen LogP contribution in [-0.4, -0.2) is 22.6 Å². The van der Waals surface area contributed by atoms with Gasteiger partial charge in [-0.25, -0.2) is 0 Å². The van der Waals surface area contributed by atoms with E-state index < -0.39 is 0 Å². The molecule has 1 atom stereocenters. The third-order valence-electron chi connectivity index (χ3n) is 3.19. The van der Waals surface area contributed by atoms with Crippen LogP contribution in [0.2, 0.25) is 0 Å². The SMILES string of the molecule is CNC(CSc1cc(C)nn1C)c1ccc(C)cc1. The topological polar surface area (TPSA) is 29.9 Å². The number of nitrogens with one attached hydrogen (secondary N) is 1. The van der Waals surface area contributed by atoms with Gasteiger partial charge in [-0.2, -0.15) is 5.10 Å². The molecule has 102 valence electrons. The number of aromatic nitrogens is 2. The second-order valence-electron chi connectivity index (χ2n) is 4.81. The first-order valence-corrected chi connectivity index (χ1v) is 7.46. The second kappa shape index (κ2) is 6.26. The molecule has 3 nitrogen and oxygen atoms in total. The van der Waals surface area contributed by atoms with Crippen molar-refractivity contribution in [2.45, 2.75) is 24.9 Å². The maximum Gasteiger partial charge on any atom is 0.0939 e. The first kappa shape index (κ1) is 14.2. The summed E-state index contributed by atoms with van der Waals surface area (Å²) < 4.78 is 1.95. The first-order valence-electron chi connectivity index (χ1n) is 6.47. The van der Waals surface area contributed by atoms with Crippen molar-refractivity contribution in [3.8, 4) is 0 Å². The number of rotatable bonds is 5. The lowest BCUT2D eigenvalue weighted by molar-refractivity contribution is 0.656. The van der Waals surface area contributed by atoms with Gasteiger partial charge < -0.3 is 5.32 Å². The number of thioether (sulfide) groups is 1. The average Bonchev–Trinajstić information content (AvgIpc) is 2.71. The van der Waals surface area contributed by atoms with Crippen molar-refractivity contribution >= 4 is 11.8 Å². The minimum absolute atomic E-state index is 0.362. The van der Waals surface area contributed by atoms with Gasteiger partial charge in [0.1, 0.15) is 0 Å². The molecule has 0 fully saturated rings. The fourth-order valence-corrected chi connectivity index (χ4v) is 3.21. The zero-order valence-electron chi connectivity index (χ0n) is 12.0. The number of benzene rings is 1. The highest BCUT2D eigenvalue weighted by atomic mass is 32.2. The van der Waals surface area contributed by atoms with E-state index in [-0.39, 0.29) is 0 Å². The van der Waals surface area contributed by atoms with Crippen molar-refractivity contribution in [1.82, 2.24) is 15.1 Å². The van der Waals surface area contributed by atoms with E-state index in [1.165, 1.54) is 16.2 Å². The standard InChI is InChI=1S/C15H21N3S/c1-11-5-7-13(8-6-11)14(16-3)10-19-15-9-12(2)17-18(15)4/h5-9,14,16H,10H2,1-4H3. The van der Waals surface area contributed by atoms with Gasteiger partial charge in [0.15, 0.2) is 0 Å². The quantitative estimate of drug-likeness (QED) is 0.850. The van der Waals surface area contributed by atoms with Crippen LogP contribution in [0.25, 0.3) is 0 Å². The van der Waals surface area contributed by atoms with Gasteiger partial charge in [-0.3, -0.25) is 4.68 Å². The van der Waals surface area contributed by atoms with Crippen molar-refractivity contribution in [2.24, 2.45) is 7.05 Å². The lowest BCUT2D eigenvalue weighted by Gasteiger charge is -2.16. The molecular formula is C15H21N3S. The molecule has 19 heavy (non-hydrogen) atoms. The van der Waals surface area contributed by atoms with Crippen LogP contribution in [0.1, 0.15) is 22.9 Å². The Balaban J connectivity index is 2.03. The Kier molecular flexibility index (Phi) is 4.66. The molecule has 0 aliphatic heterocycles. The van der Waals surface area contributed by atoms with Crippen LogP contribution in [0, 0.1) is 13.8 Å². The number of hydrogen-bond donors (Lipinski definition) is 1. The minimum Gasteiger partial charge on any atom is -0.312 e. The lowest BCUT2D eigenvalue weighted by Crippen LogP contribution is -2.18. The van der Waals surface area contributed by atoms with Crippen molar-refractivity contribution in [1.29, 1.82) is 0 Å². The molecule has 0 saturated carbocycles. The highest BCUT2D eigenvalue weighted by molar-refractivity contribution is 7.99. The Morgan fingerprint density at radius 1 is 1.26 bits per heavy atom. The summed E-state index contributed by atoms with van der Waals surface area (Å²) in [5.74, 6) is 0.999. The molecule has 0 spiro atoms. The molecule has 1 N–H and O–H groups in total. The van der Waals surface area contributed by atoms with Gasteiger partial charge in [0.05, 0.1) is 10.7 Å². The third kappa shape index (κ3) is 3.61. The van der Waals surface area contributed by atoms with E-state index in [0.29, 0.717) is 6.04 Å². The molecule has 0 bridgehead atoms. The number of aryl methyl sites for hydroxylation is 3. The van der Waals surface area contributed by atoms with Gasteiger partial charge in [-0.1, -0.05) is 29.8 Å². The number of nitrogens with zero attached hydrogens (tertiary/aromatic N) is 2. The molecule has 1 heterocycles. The predicted molar refractivity (Wildman–Crippen MR) is 81.6 cm³/mol. The van der Waals surface area contributed by atoms with E-state index in [0.717, 1.165) is 11.4 Å². The van der Waals surface area contributed by atoms with Crippen LogP contribution in [0.5, 0.6) is 0 Å². The smallest absolute Gasteiger partial charge is 0.0939 e. The Labute approximate surface area is 119 Å². The van der Waals surface area contributed by atoms with Gasteiger partial charge >= 0.3 is 0 Å². The fourth-order valence-electron chi connectivity index (χ4n) is 2.04. The van der Waals surface area contributed by atoms with Crippen LogP contribution in [-0.2, 0) is 7.05 Å². The van der Waals surface area contributed by atoms with Crippen LogP contribution >= 0.6 is 11.8 Å².